The smallest absolute Gasteiger partial charge is 0.412 e. The number of hydrogen-bond acceptors (Lipinski definition) is 4. The van der Waals surface area contributed by atoms with Crippen LogP contribution in [0.2, 0.25) is 0 Å². The fraction of sp³-hybridized carbons (Fsp3) is 0.467. The average molecular weight is 293 g/mol. The molecule has 1 heterocycles. The second kappa shape index (κ2) is 6.13. The van der Waals surface area contributed by atoms with Crippen molar-refractivity contribution in [2.24, 2.45) is 0 Å². The third-order valence-corrected chi connectivity index (χ3v) is 3.39. The largest absolute Gasteiger partial charge is 0.481 e. The number of carbonyl (C=O) groups is 2. The number of nitrogens with zero attached hydrogens (tertiary/aromatic N) is 1. The summed E-state index contributed by atoms with van der Waals surface area (Å²) in [4.78, 5) is 24.5. The first-order valence-corrected chi connectivity index (χ1v) is 6.76. The third kappa shape index (κ3) is 3.72. The molecule has 0 unspecified atom stereocenters. The van der Waals surface area contributed by atoms with E-state index < -0.39 is 23.8 Å². The Balaban J connectivity index is 2.02. The first-order valence-electron chi connectivity index (χ1n) is 6.76. The van der Waals surface area contributed by atoms with Gasteiger partial charge in [-0.15, -0.1) is 0 Å². The number of carbonyl (C=O) groups excluding carboxylic acids is 1. The number of hydrogen-bond donors (Lipinski definition) is 1. The molecule has 114 valence electrons. The number of rotatable bonds is 4. The molecule has 0 aliphatic carbocycles. The second-order valence-corrected chi connectivity index (χ2v) is 5.42. The lowest BCUT2D eigenvalue weighted by Crippen LogP contribution is -2.48. The number of benzene rings is 1. The van der Waals surface area contributed by atoms with E-state index in [0.717, 1.165) is 5.56 Å². The fourth-order valence-electron chi connectivity index (χ4n) is 2.39. The summed E-state index contributed by atoms with van der Waals surface area (Å²) in [5, 5.41) is 8.92. The lowest BCUT2D eigenvalue weighted by atomic mass is 10.1. The summed E-state index contributed by atoms with van der Waals surface area (Å²) in [5.74, 6) is -0.970. The highest BCUT2D eigenvalue weighted by Crippen LogP contribution is 2.29. The molecule has 0 bridgehead atoms. The monoisotopic (exact) mass is 293 g/mol. The van der Waals surface area contributed by atoms with Gasteiger partial charge in [0.1, 0.15) is 12.3 Å². The van der Waals surface area contributed by atoms with Gasteiger partial charge < -0.3 is 14.6 Å². The lowest BCUT2D eigenvalue weighted by molar-refractivity contribution is -0.138. The predicted molar refractivity (Wildman–Crippen MR) is 74.5 cm³/mol. The number of ether oxygens (including phenoxy) is 2. The van der Waals surface area contributed by atoms with Gasteiger partial charge in [-0.2, -0.15) is 0 Å². The molecular weight excluding hydrogens is 274 g/mol. The van der Waals surface area contributed by atoms with Crippen molar-refractivity contribution in [1.29, 1.82) is 0 Å². The number of carboxylic acid groups (broad SMARTS) is 1. The molecular formula is C15H19NO5. The first kappa shape index (κ1) is 15.3. The van der Waals surface area contributed by atoms with E-state index in [1.807, 2.05) is 30.3 Å². The fourth-order valence-corrected chi connectivity index (χ4v) is 2.39. The molecule has 21 heavy (non-hydrogen) atoms. The zero-order valence-corrected chi connectivity index (χ0v) is 12.1. The zero-order valence-electron chi connectivity index (χ0n) is 12.1. The number of aliphatic carboxylic acids is 1. The van der Waals surface area contributed by atoms with Crippen LogP contribution in [0.1, 0.15) is 25.8 Å². The van der Waals surface area contributed by atoms with Gasteiger partial charge in [-0.1, -0.05) is 30.3 Å². The van der Waals surface area contributed by atoms with Gasteiger partial charge in [0.25, 0.3) is 0 Å². The molecule has 0 radical (unpaired) electrons. The van der Waals surface area contributed by atoms with Crippen molar-refractivity contribution in [3.63, 3.8) is 0 Å². The highest BCUT2D eigenvalue weighted by molar-refractivity contribution is 5.72. The standard InChI is InChI=1S/C15H19NO5/c1-15(2)16(12(10-21-15)8-13(17)18)14(19)20-9-11-6-4-3-5-7-11/h3-7,12H,8-10H2,1-2H3,(H,17,18)/t12-/m0/s1. The Morgan fingerprint density at radius 3 is 2.67 bits per heavy atom. The van der Waals surface area contributed by atoms with E-state index in [1.165, 1.54) is 4.90 Å². The Bertz CT molecular complexity index is 514. The van der Waals surface area contributed by atoms with Gasteiger partial charge in [-0.05, 0) is 19.4 Å². The highest BCUT2D eigenvalue weighted by Gasteiger charge is 2.45. The minimum atomic E-state index is -0.970. The van der Waals surface area contributed by atoms with Crippen LogP contribution in [0.15, 0.2) is 30.3 Å². The zero-order chi connectivity index (χ0) is 15.5. The summed E-state index contributed by atoms with van der Waals surface area (Å²) in [5.41, 5.74) is 0.00649. The van der Waals surface area contributed by atoms with Gasteiger partial charge in [0.05, 0.1) is 19.1 Å². The maximum atomic E-state index is 12.3. The molecule has 1 fully saturated rings. The van der Waals surface area contributed by atoms with E-state index in [2.05, 4.69) is 0 Å². The van der Waals surface area contributed by atoms with Gasteiger partial charge in [-0.3, -0.25) is 9.69 Å². The SMILES string of the molecule is CC1(C)OC[C@H](CC(=O)O)N1C(=O)OCc1ccccc1. The number of amides is 1. The van der Waals surface area contributed by atoms with Crippen LogP contribution in [0.4, 0.5) is 4.79 Å². The average Bonchev–Trinajstić information content (AvgIpc) is 2.71. The molecule has 0 spiro atoms. The Labute approximate surface area is 123 Å². The summed E-state index contributed by atoms with van der Waals surface area (Å²) in [7, 11) is 0. The van der Waals surface area contributed by atoms with Crippen LogP contribution in [-0.2, 0) is 20.9 Å². The van der Waals surface area contributed by atoms with Crippen molar-refractivity contribution in [2.75, 3.05) is 6.61 Å². The van der Waals surface area contributed by atoms with E-state index in [1.54, 1.807) is 13.8 Å². The van der Waals surface area contributed by atoms with Crippen LogP contribution in [-0.4, -0.2) is 40.4 Å². The van der Waals surface area contributed by atoms with E-state index >= 15 is 0 Å². The Morgan fingerprint density at radius 2 is 2.05 bits per heavy atom. The summed E-state index contributed by atoms with van der Waals surface area (Å²) >= 11 is 0. The normalized spacial score (nSPS) is 20.3. The second-order valence-electron chi connectivity index (χ2n) is 5.42. The minimum absolute atomic E-state index is 0.145. The van der Waals surface area contributed by atoms with Crippen LogP contribution in [0.25, 0.3) is 0 Å². The molecule has 1 atom stereocenters. The van der Waals surface area contributed by atoms with Gasteiger partial charge >= 0.3 is 12.1 Å². The summed E-state index contributed by atoms with van der Waals surface area (Å²) in [6, 6.07) is 8.80. The molecule has 1 aromatic carbocycles. The van der Waals surface area contributed by atoms with Crippen LogP contribution in [0.5, 0.6) is 0 Å². The molecule has 1 aliphatic heterocycles. The van der Waals surface area contributed by atoms with Gasteiger partial charge in [-0.25, -0.2) is 4.79 Å². The van der Waals surface area contributed by atoms with E-state index in [4.69, 9.17) is 14.6 Å². The molecule has 6 nitrogen and oxygen atoms in total. The Morgan fingerprint density at radius 1 is 1.38 bits per heavy atom. The molecule has 2 rings (SSSR count). The molecule has 1 aromatic rings. The third-order valence-electron chi connectivity index (χ3n) is 3.39. The summed E-state index contributed by atoms with van der Waals surface area (Å²) in [6.45, 7) is 3.78. The van der Waals surface area contributed by atoms with Crippen molar-refractivity contribution < 1.29 is 24.2 Å². The molecule has 0 saturated carbocycles. The lowest BCUT2D eigenvalue weighted by Gasteiger charge is -2.32. The van der Waals surface area contributed by atoms with E-state index in [-0.39, 0.29) is 19.6 Å². The minimum Gasteiger partial charge on any atom is -0.481 e. The van der Waals surface area contributed by atoms with Gasteiger partial charge in [0, 0.05) is 0 Å². The van der Waals surface area contributed by atoms with Crippen molar-refractivity contribution in [3.8, 4) is 0 Å². The highest BCUT2D eigenvalue weighted by atomic mass is 16.6. The topological polar surface area (TPSA) is 76.1 Å². The maximum absolute atomic E-state index is 12.3. The van der Waals surface area contributed by atoms with Crippen molar-refractivity contribution >= 4 is 12.1 Å². The number of carboxylic acids is 1. The molecule has 1 saturated heterocycles. The molecule has 6 heteroatoms. The van der Waals surface area contributed by atoms with Crippen LogP contribution >= 0.6 is 0 Å². The van der Waals surface area contributed by atoms with Gasteiger partial charge in [0.15, 0.2) is 0 Å². The first-order chi connectivity index (χ1) is 9.90. The van der Waals surface area contributed by atoms with Crippen molar-refractivity contribution in [2.45, 2.75) is 38.6 Å². The van der Waals surface area contributed by atoms with Crippen LogP contribution in [0.3, 0.4) is 0 Å². The quantitative estimate of drug-likeness (QED) is 0.921. The van der Waals surface area contributed by atoms with Crippen molar-refractivity contribution in [3.05, 3.63) is 35.9 Å². The molecule has 1 amide bonds. The summed E-state index contributed by atoms with van der Waals surface area (Å²) < 4.78 is 10.8. The Kier molecular flexibility index (Phi) is 4.47. The summed E-state index contributed by atoms with van der Waals surface area (Å²) in [6.07, 6.45) is -0.725. The predicted octanol–water partition coefficient (Wildman–Crippen LogP) is 2.23. The molecule has 0 aromatic heterocycles. The molecule has 1 aliphatic rings. The molecule has 1 N–H and O–H groups in total. The van der Waals surface area contributed by atoms with Gasteiger partial charge in [0.2, 0.25) is 0 Å². The Hall–Kier alpha value is -2.08. The maximum Gasteiger partial charge on any atom is 0.412 e. The van der Waals surface area contributed by atoms with Crippen LogP contribution in [0, 0.1) is 0 Å². The van der Waals surface area contributed by atoms with Crippen molar-refractivity contribution in [1.82, 2.24) is 4.90 Å². The van der Waals surface area contributed by atoms with E-state index in [0.29, 0.717) is 0 Å². The van der Waals surface area contributed by atoms with Crippen LogP contribution < -0.4 is 0 Å². The van der Waals surface area contributed by atoms with E-state index in [9.17, 15) is 9.59 Å².